The fourth-order valence-corrected chi connectivity index (χ4v) is 3.86. The van der Waals surface area contributed by atoms with Crippen molar-refractivity contribution in [3.63, 3.8) is 0 Å². The summed E-state index contributed by atoms with van der Waals surface area (Å²) in [6.45, 7) is 13.6. The predicted octanol–water partition coefficient (Wildman–Crippen LogP) is 4.79. The van der Waals surface area contributed by atoms with Gasteiger partial charge in [-0.15, -0.1) is 5.12 Å². The monoisotopic (exact) mass is 350 g/mol. The molecule has 4 nitrogen and oxygen atoms in total. The summed E-state index contributed by atoms with van der Waals surface area (Å²) < 4.78 is 0. The Labute approximate surface area is 157 Å². The zero-order valence-corrected chi connectivity index (χ0v) is 16.6. The van der Waals surface area contributed by atoms with Gasteiger partial charge in [0.25, 0.3) is 0 Å². The van der Waals surface area contributed by atoms with Crippen LogP contribution in [0.2, 0.25) is 0 Å². The number of rotatable bonds is 3. The van der Waals surface area contributed by atoms with Crippen molar-refractivity contribution in [1.82, 2.24) is 10.0 Å². The van der Waals surface area contributed by atoms with Gasteiger partial charge in [-0.1, -0.05) is 30.3 Å². The summed E-state index contributed by atoms with van der Waals surface area (Å²) in [5.41, 5.74) is 13.8. The number of anilines is 2. The summed E-state index contributed by atoms with van der Waals surface area (Å²) in [6, 6.07) is 15.4. The minimum Gasteiger partial charge on any atom is -0.299 e. The van der Waals surface area contributed by atoms with E-state index in [2.05, 4.69) is 98.0 Å². The Kier molecular flexibility index (Phi) is 4.01. The normalized spacial score (nSPS) is 17.6. The number of hydrogen-bond donors (Lipinski definition) is 2. The lowest BCUT2D eigenvalue weighted by Crippen LogP contribution is -2.49. The van der Waals surface area contributed by atoms with E-state index in [0.29, 0.717) is 0 Å². The van der Waals surface area contributed by atoms with Crippen molar-refractivity contribution in [2.45, 2.75) is 65.2 Å². The number of nitrogens with one attached hydrogen (secondary N) is 2. The van der Waals surface area contributed by atoms with Crippen molar-refractivity contribution in [3.8, 4) is 0 Å². The summed E-state index contributed by atoms with van der Waals surface area (Å²) in [5.74, 6) is 0. The van der Waals surface area contributed by atoms with Crippen molar-refractivity contribution in [2.24, 2.45) is 0 Å². The molecule has 0 aromatic heterocycles. The van der Waals surface area contributed by atoms with Crippen molar-refractivity contribution in [1.29, 1.82) is 0 Å². The second-order valence-electron chi connectivity index (χ2n) is 9.22. The highest BCUT2D eigenvalue weighted by Gasteiger charge is 2.33. The fourth-order valence-electron chi connectivity index (χ4n) is 3.86. The minimum atomic E-state index is -0.0599. The molecule has 0 atom stereocenters. The summed E-state index contributed by atoms with van der Waals surface area (Å²) in [6.07, 6.45) is 0.976. The third-order valence-electron chi connectivity index (χ3n) is 5.58. The van der Waals surface area contributed by atoms with Crippen LogP contribution in [0.1, 0.15) is 51.3 Å². The fraction of sp³-hybridized carbons (Fsp3) is 0.455. The van der Waals surface area contributed by atoms with E-state index in [4.69, 9.17) is 0 Å². The quantitative estimate of drug-likeness (QED) is 0.833. The largest absolute Gasteiger partial charge is 0.299 e. The molecule has 2 aromatic rings. The molecular weight excluding hydrogens is 320 g/mol. The van der Waals surface area contributed by atoms with Crippen molar-refractivity contribution >= 4 is 11.4 Å². The molecule has 2 heterocycles. The highest BCUT2D eigenvalue weighted by Crippen LogP contribution is 2.34. The molecule has 0 amide bonds. The molecule has 0 saturated carbocycles. The molecule has 138 valence electrons. The molecule has 0 bridgehead atoms. The van der Waals surface area contributed by atoms with E-state index in [1.54, 1.807) is 0 Å². The van der Waals surface area contributed by atoms with Crippen LogP contribution in [0.3, 0.4) is 0 Å². The van der Waals surface area contributed by atoms with Crippen LogP contribution in [-0.4, -0.2) is 21.1 Å². The molecule has 0 aliphatic carbocycles. The number of para-hydroxylation sites is 2. The smallest absolute Gasteiger partial charge is 0.0753 e. The molecule has 2 aliphatic heterocycles. The summed E-state index contributed by atoms with van der Waals surface area (Å²) in [5, 5.41) is 2.13. The van der Waals surface area contributed by atoms with E-state index in [-0.39, 0.29) is 11.1 Å². The van der Waals surface area contributed by atoms with E-state index in [9.17, 15) is 0 Å². The zero-order valence-electron chi connectivity index (χ0n) is 16.6. The summed E-state index contributed by atoms with van der Waals surface area (Å²) in [4.78, 5) is 2.55. The van der Waals surface area contributed by atoms with Crippen molar-refractivity contribution < 1.29 is 0 Å². The minimum absolute atomic E-state index is 0.0599. The van der Waals surface area contributed by atoms with Gasteiger partial charge in [0.05, 0.1) is 16.9 Å². The van der Waals surface area contributed by atoms with Crippen molar-refractivity contribution in [3.05, 3.63) is 59.2 Å². The molecule has 2 N–H and O–H groups in total. The number of hydrogen-bond acceptors (Lipinski definition) is 4. The zero-order chi connectivity index (χ0) is 18.5. The van der Waals surface area contributed by atoms with Crippen LogP contribution in [-0.2, 0) is 19.5 Å². The van der Waals surface area contributed by atoms with E-state index in [1.165, 1.54) is 16.7 Å². The second kappa shape index (κ2) is 6.00. The molecule has 2 aromatic carbocycles. The average molecular weight is 351 g/mol. The molecule has 0 fully saturated rings. The third kappa shape index (κ3) is 3.19. The first-order valence-corrected chi connectivity index (χ1v) is 9.51. The van der Waals surface area contributed by atoms with E-state index in [1.807, 2.05) is 0 Å². The van der Waals surface area contributed by atoms with Crippen LogP contribution in [0.25, 0.3) is 0 Å². The molecule has 4 rings (SSSR count). The Hall–Kier alpha value is -2.04. The van der Waals surface area contributed by atoms with Crippen LogP contribution < -0.4 is 10.9 Å². The van der Waals surface area contributed by atoms with Gasteiger partial charge in [0.2, 0.25) is 0 Å². The van der Waals surface area contributed by atoms with Gasteiger partial charge in [-0.05, 0) is 69.9 Å². The highest BCUT2D eigenvalue weighted by atomic mass is 15.8. The first-order valence-electron chi connectivity index (χ1n) is 9.51. The Morgan fingerprint density at radius 3 is 2.08 bits per heavy atom. The average Bonchev–Trinajstić information content (AvgIpc) is 3.18. The molecule has 0 radical (unpaired) electrons. The summed E-state index contributed by atoms with van der Waals surface area (Å²) in [7, 11) is 0. The Bertz CT molecular complexity index is 794. The highest BCUT2D eigenvalue weighted by molar-refractivity contribution is 5.71. The van der Waals surface area contributed by atoms with Gasteiger partial charge in [-0.3, -0.25) is 15.8 Å². The van der Waals surface area contributed by atoms with Crippen LogP contribution in [0.5, 0.6) is 0 Å². The Morgan fingerprint density at radius 2 is 1.46 bits per heavy atom. The maximum Gasteiger partial charge on any atom is 0.0753 e. The molecular formula is C22H30N4. The Morgan fingerprint density at radius 1 is 0.846 bits per heavy atom. The summed E-state index contributed by atoms with van der Waals surface area (Å²) >= 11 is 0. The second-order valence-corrected chi connectivity index (χ2v) is 9.22. The third-order valence-corrected chi connectivity index (χ3v) is 5.58. The number of hydrazine groups is 2. The van der Waals surface area contributed by atoms with Gasteiger partial charge in [0.1, 0.15) is 0 Å². The van der Waals surface area contributed by atoms with E-state index < -0.39 is 0 Å². The molecule has 0 saturated heterocycles. The van der Waals surface area contributed by atoms with Crippen molar-refractivity contribution in [2.75, 3.05) is 10.9 Å². The lowest BCUT2D eigenvalue weighted by molar-refractivity contribution is 0.136. The lowest BCUT2D eigenvalue weighted by Gasteiger charge is -2.35. The van der Waals surface area contributed by atoms with Gasteiger partial charge in [0, 0.05) is 18.6 Å². The van der Waals surface area contributed by atoms with Gasteiger partial charge in [-0.2, -0.15) is 0 Å². The van der Waals surface area contributed by atoms with E-state index in [0.717, 1.165) is 30.9 Å². The van der Waals surface area contributed by atoms with Gasteiger partial charge in [-0.25, -0.2) is 0 Å². The van der Waals surface area contributed by atoms with Gasteiger partial charge < -0.3 is 0 Å². The molecule has 0 unspecified atom stereocenters. The maximum atomic E-state index is 3.49. The van der Waals surface area contributed by atoms with Crippen LogP contribution in [0, 0.1) is 0 Å². The molecule has 0 spiro atoms. The predicted molar refractivity (Wildman–Crippen MR) is 109 cm³/mol. The standard InChI is InChI=1S/C22H30N4/c1-21(2,3)25-14-17-11-10-16(12-18(17)15-25)13-22(4,5)26-23-19-8-6-7-9-20(19)24-26/h6-12,23-24H,13-15H2,1-5H3. The lowest BCUT2D eigenvalue weighted by atomic mass is 9.93. The van der Waals surface area contributed by atoms with Crippen LogP contribution in [0.4, 0.5) is 11.4 Å². The number of benzene rings is 2. The number of fused-ring (bicyclic) bond motifs is 2. The van der Waals surface area contributed by atoms with E-state index >= 15 is 0 Å². The SMILES string of the molecule is CC(C)(C)N1Cc2ccc(CC(C)(C)N3Nc4ccccc4N3)cc2C1. The first-order chi connectivity index (χ1) is 12.2. The van der Waals surface area contributed by atoms with Gasteiger partial charge in [0.15, 0.2) is 0 Å². The van der Waals surface area contributed by atoms with Gasteiger partial charge >= 0.3 is 0 Å². The first kappa shape index (κ1) is 17.4. The molecule has 26 heavy (non-hydrogen) atoms. The topological polar surface area (TPSA) is 30.5 Å². The number of nitrogens with zero attached hydrogens (tertiary/aromatic N) is 2. The maximum absolute atomic E-state index is 3.49. The Balaban J connectivity index is 1.49. The van der Waals surface area contributed by atoms with Crippen LogP contribution >= 0.6 is 0 Å². The molecule has 4 heteroatoms. The van der Waals surface area contributed by atoms with Crippen LogP contribution in [0.15, 0.2) is 42.5 Å². The molecule has 2 aliphatic rings.